The van der Waals surface area contributed by atoms with Gasteiger partial charge in [0.05, 0.1) is 11.1 Å². The number of benzene rings is 2. The van der Waals surface area contributed by atoms with E-state index in [4.69, 9.17) is 4.74 Å². The number of hydrogen-bond acceptors (Lipinski definition) is 4. The first-order chi connectivity index (χ1) is 16.4. The molecule has 0 amide bonds. The number of nitrogens with zero attached hydrogens (tertiary/aromatic N) is 2. The average molecular weight is 459 g/mol. The van der Waals surface area contributed by atoms with Gasteiger partial charge in [-0.2, -0.15) is 10.5 Å². The summed E-state index contributed by atoms with van der Waals surface area (Å²) in [5, 5.41) is 19.1. The lowest BCUT2D eigenvalue weighted by molar-refractivity contribution is 0.0319. The van der Waals surface area contributed by atoms with E-state index < -0.39 is 11.8 Å². The van der Waals surface area contributed by atoms with Crippen LogP contribution >= 0.6 is 0 Å². The Kier molecular flexibility index (Phi) is 6.76. The molecule has 3 fully saturated rings. The smallest absolute Gasteiger partial charge is 0.346 e. The van der Waals surface area contributed by atoms with Gasteiger partial charge >= 0.3 is 5.97 Å². The van der Waals surface area contributed by atoms with E-state index in [0.29, 0.717) is 11.8 Å². The summed E-state index contributed by atoms with van der Waals surface area (Å²) >= 11 is 0. The Labute approximate surface area is 201 Å². The van der Waals surface area contributed by atoms with Crippen LogP contribution in [0, 0.1) is 33.9 Å². The Hall–Kier alpha value is -3.18. The maximum Gasteiger partial charge on any atom is 0.346 e. The summed E-state index contributed by atoms with van der Waals surface area (Å²) < 4.78 is 20.6. The number of ether oxygens (including phenoxy) is 1. The summed E-state index contributed by atoms with van der Waals surface area (Å²) in [5.74, 6) is -1.48. The van der Waals surface area contributed by atoms with E-state index in [2.05, 4.69) is 6.92 Å². The molecule has 176 valence electrons. The van der Waals surface area contributed by atoms with Crippen molar-refractivity contribution in [3.05, 3.63) is 64.0 Å². The zero-order valence-electron chi connectivity index (χ0n) is 20.0. The molecule has 0 aliphatic heterocycles. The second-order valence-corrected chi connectivity index (χ2v) is 10.1. The molecule has 3 saturated carbocycles. The average Bonchev–Trinajstić information content (AvgIpc) is 2.85. The van der Waals surface area contributed by atoms with Crippen LogP contribution in [0.25, 0.3) is 0 Å². The van der Waals surface area contributed by atoms with Crippen molar-refractivity contribution in [1.29, 1.82) is 10.5 Å². The standard InChI is InChI=1S/C29H31FN2O2/c1-3-5-20-6-9-26(24(19-32)23(20)18-31)34-27(33)22-8-7-21(17-25(22)30)29-14-11-28(10-4-2,12-15-29)13-16-29/h6-9,17H,3-5,10-16H2,1-2H3. The highest BCUT2D eigenvalue weighted by Crippen LogP contribution is 2.59. The van der Waals surface area contributed by atoms with Crippen molar-refractivity contribution in [1.82, 2.24) is 0 Å². The van der Waals surface area contributed by atoms with E-state index in [1.807, 2.05) is 25.1 Å². The molecular formula is C29H31FN2O2. The topological polar surface area (TPSA) is 73.9 Å². The second kappa shape index (κ2) is 9.59. The van der Waals surface area contributed by atoms with Crippen LogP contribution in [0.4, 0.5) is 4.39 Å². The number of nitriles is 2. The van der Waals surface area contributed by atoms with Gasteiger partial charge in [-0.25, -0.2) is 9.18 Å². The molecule has 0 radical (unpaired) electrons. The van der Waals surface area contributed by atoms with Crippen LogP contribution in [0.1, 0.15) is 104 Å². The van der Waals surface area contributed by atoms with Crippen molar-refractivity contribution in [3.8, 4) is 17.9 Å². The van der Waals surface area contributed by atoms with E-state index in [1.165, 1.54) is 50.3 Å². The lowest BCUT2D eigenvalue weighted by Gasteiger charge is -2.54. The van der Waals surface area contributed by atoms with Crippen molar-refractivity contribution in [2.24, 2.45) is 5.41 Å². The Morgan fingerprint density at radius 2 is 1.65 bits per heavy atom. The van der Waals surface area contributed by atoms with E-state index >= 15 is 4.39 Å². The van der Waals surface area contributed by atoms with Crippen molar-refractivity contribution in [2.45, 2.75) is 83.5 Å². The molecule has 0 heterocycles. The molecule has 3 aliphatic rings. The normalized spacial score (nSPS) is 23.2. The fourth-order valence-corrected chi connectivity index (χ4v) is 6.20. The summed E-state index contributed by atoms with van der Waals surface area (Å²) in [6.07, 6.45) is 10.7. The van der Waals surface area contributed by atoms with E-state index in [1.54, 1.807) is 6.07 Å². The van der Waals surface area contributed by atoms with Crippen molar-refractivity contribution >= 4 is 5.97 Å². The molecule has 2 aromatic rings. The molecule has 0 saturated heterocycles. The van der Waals surface area contributed by atoms with Gasteiger partial charge < -0.3 is 4.74 Å². The predicted molar refractivity (Wildman–Crippen MR) is 128 cm³/mol. The van der Waals surface area contributed by atoms with Crippen LogP contribution < -0.4 is 4.74 Å². The van der Waals surface area contributed by atoms with E-state index in [0.717, 1.165) is 36.8 Å². The molecule has 2 aromatic carbocycles. The third-order valence-corrected chi connectivity index (χ3v) is 8.18. The van der Waals surface area contributed by atoms with Gasteiger partial charge in [0.1, 0.15) is 29.3 Å². The molecule has 5 heteroatoms. The monoisotopic (exact) mass is 458 g/mol. The minimum atomic E-state index is -0.862. The first-order valence-corrected chi connectivity index (χ1v) is 12.4. The van der Waals surface area contributed by atoms with Crippen molar-refractivity contribution < 1.29 is 13.9 Å². The van der Waals surface area contributed by atoms with Crippen LogP contribution in [0.2, 0.25) is 0 Å². The Bertz CT molecular complexity index is 1160. The van der Waals surface area contributed by atoms with Gasteiger partial charge in [0, 0.05) is 0 Å². The minimum Gasteiger partial charge on any atom is -0.421 e. The number of fused-ring (bicyclic) bond motifs is 3. The zero-order chi connectivity index (χ0) is 24.3. The van der Waals surface area contributed by atoms with Crippen molar-refractivity contribution in [3.63, 3.8) is 0 Å². The summed E-state index contributed by atoms with van der Waals surface area (Å²) in [6.45, 7) is 4.23. The number of esters is 1. The molecule has 0 atom stereocenters. The maximum atomic E-state index is 15.1. The highest BCUT2D eigenvalue weighted by atomic mass is 19.1. The van der Waals surface area contributed by atoms with Gasteiger partial charge in [-0.1, -0.05) is 38.8 Å². The molecule has 34 heavy (non-hydrogen) atoms. The summed E-state index contributed by atoms with van der Waals surface area (Å²) in [7, 11) is 0. The molecule has 4 nitrogen and oxygen atoms in total. The molecule has 0 unspecified atom stereocenters. The van der Waals surface area contributed by atoms with Gasteiger partial charge in [-0.3, -0.25) is 0 Å². The van der Waals surface area contributed by atoms with Crippen LogP contribution in [-0.4, -0.2) is 5.97 Å². The summed E-state index contributed by atoms with van der Waals surface area (Å²) in [5.41, 5.74) is 2.25. The largest absolute Gasteiger partial charge is 0.421 e. The lowest BCUT2D eigenvalue weighted by Crippen LogP contribution is -2.44. The third-order valence-electron chi connectivity index (χ3n) is 8.18. The molecule has 2 bridgehead atoms. The number of carbonyl (C=O) groups excluding carboxylic acids is 1. The van der Waals surface area contributed by atoms with Gasteiger partial charge in [-0.15, -0.1) is 0 Å². The highest BCUT2D eigenvalue weighted by Gasteiger charge is 2.48. The van der Waals surface area contributed by atoms with Gasteiger partial charge in [0.25, 0.3) is 0 Å². The Morgan fingerprint density at radius 1 is 0.971 bits per heavy atom. The first-order valence-electron chi connectivity index (χ1n) is 12.4. The van der Waals surface area contributed by atoms with Crippen LogP contribution in [0.3, 0.4) is 0 Å². The molecule has 0 N–H and O–H groups in total. The minimum absolute atomic E-state index is 0.00352. The number of rotatable bonds is 7. The fourth-order valence-electron chi connectivity index (χ4n) is 6.20. The van der Waals surface area contributed by atoms with Crippen LogP contribution in [0.5, 0.6) is 5.75 Å². The van der Waals surface area contributed by atoms with Crippen LogP contribution in [0.15, 0.2) is 30.3 Å². The number of halogens is 1. The van der Waals surface area contributed by atoms with E-state index in [-0.39, 0.29) is 27.9 Å². The maximum absolute atomic E-state index is 15.1. The highest BCUT2D eigenvalue weighted by molar-refractivity contribution is 5.92. The number of aryl methyl sites for hydroxylation is 1. The molecular weight excluding hydrogens is 427 g/mol. The molecule has 3 aliphatic carbocycles. The van der Waals surface area contributed by atoms with Gasteiger partial charge in [0.2, 0.25) is 0 Å². The van der Waals surface area contributed by atoms with Crippen LogP contribution in [-0.2, 0) is 11.8 Å². The lowest BCUT2D eigenvalue weighted by atomic mass is 9.51. The third kappa shape index (κ3) is 4.21. The van der Waals surface area contributed by atoms with Crippen molar-refractivity contribution in [2.75, 3.05) is 0 Å². The second-order valence-electron chi connectivity index (χ2n) is 10.1. The Balaban J connectivity index is 1.55. The quantitative estimate of drug-likeness (QED) is 0.327. The first kappa shape index (κ1) is 24.0. The number of carbonyl (C=O) groups is 1. The number of hydrogen-bond donors (Lipinski definition) is 0. The zero-order valence-corrected chi connectivity index (χ0v) is 20.0. The molecule has 0 aromatic heterocycles. The Morgan fingerprint density at radius 3 is 2.21 bits per heavy atom. The SMILES string of the molecule is CCCc1ccc(OC(=O)c2ccc(C34CCC(CCC)(CC3)CC4)cc2F)c(C#N)c1C#N. The molecule has 0 spiro atoms. The summed E-state index contributed by atoms with van der Waals surface area (Å²) in [6, 6.07) is 12.1. The van der Waals surface area contributed by atoms with Gasteiger partial charge in [0.15, 0.2) is 0 Å². The fraction of sp³-hybridized carbons (Fsp3) is 0.483. The van der Waals surface area contributed by atoms with Gasteiger partial charge in [-0.05, 0) is 91.5 Å². The molecule has 5 rings (SSSR count). The van der Waals surface area contributed by atoms with E-state index in [9.17, 15) is 15.3 Å². The summed E-state index contributed by atoms with van der Waals surface area (Å²) in [4.78, 5) is 12.8. The predicted octanol–water partition coefficient (Wildman–Crippen LogP) is 7.13.